The average molecular weight is 207 g/mol. The maximum absolute atomic E-state index is 9.61. The Balaban J connectivity index is 2.44. The van der Waals surface area contributed by atoms with E-state index >= 15 is 0 Å². The topological polar surface area (TPSA) is 32.3 Å². The number of benzene rings is 1. The zero-order chi connectivity index (χ0) is 11.3. The first-order valence-electron chi connectivity index (χ1n) is 5.60. The second-order valence-corrected chi connectivity index (χ2v) is 4.54. The molecule has 0 amide bonds. The Labute approximate surface area is 92.3 Å². The Hall–Kier alpha value is -1.02. The Morgan fingerprint density at radius 2 is 1.87 bits per heavy atom. The number of hydrogen-bond acceptors (Lipinski definition) is 2. The molecule has 84 valence electrons. The van der Waals surface area contributed by atoms with Crippen molar-refractivity contribution in [1.29, 1.82) is 0 Å². The summed E-state index contributed by atoms with van der Waals surface area (Å²) >= 11 is 0. The number of para-hydroxylation sites is 1. The van der Waals surface area contributed by atoms with Gasteiger partial charge in [0.25, 0.3) is 0 Å². The minimum absolute atomic E-state index is 0.399. The van der Waals surface area contributed by atoms with Crippen LogP contribution in [0.4, 0.5) is 0 Å². The Kier molecular flexibility index (Phi) is 4.63. The molecule has 1 unspecified atom stereocenters. The largest absolute Gasteiger partial charge is 0.508 e. The third-order valence-corrected chi connectivity index (χ3v) is 2.39. The van der Waals surface area contributed by atoms with Gasteiger partial charge in [-0.05, 0) is 37.4 Å². The zero-order valence-corrected chi connectivity index (χ0v) is 9.83. The van der Waals surface area contributed by atoms with Crippen molar-refractivity contribution in [1.82, 2.24) is 5.32 Å². The van der Waals surface area contributed by atoms with E-state index in [1.54, 1.807) is 6.07 Å². The van der Waals surface area contributed by atoms with Crippen LogP contribution in [0.15, 0.2) is 24.3 Å². The lowest BCUT2D eigenvalue weighted by Gasteiger charge is -2.16. The van der Waals surface area contributed by atoms with Gasteiger partial charge in [-0.3, -0.25) is 0 Å². The van der Waals surface area contributed by atoms with E-state index in [2.05, 4.69) is 26.1 Å². The first-order valence-corrected chi connectivity index (χ1v) is 5.60. The van der Waals surface area contributed by atoms with Crippen LogP contribution in [0.25, 0.3) is 0 Å². The molecule has 0 radical (unpaired) electrons. The second-order valence-electron chi connectivity index (χ2n) is 4.54. The predicted octanol–water partition coefficient (Wildman–Crippen LogP) is 2.57. The van der Waals surface area contributed by atoms with Gasteiger partial charge >= 0.3 is 0 Å². The van der Waals surface area contributed by atoms with Crippen molar-refractivity contribution >= 4 is 0 Å². The quantitative estimate of drug-likeness (QED) is 0.777. The lowest BCUT2D eigenvalue weighted by molar-refractivity contribution is 0.450. The van der Waals surface area contributed by atoms with Crippen LogP contribution in [0.3, 0.4) is 0 Å². The van der Waals surface area contributed by atoms with E-state index < -0.39 is 0 Å². The Bertz CT molecular complexity index is 296. The summed E-state index contributed by atoms with van der Waals surface area (Å²) in [6, 6.07) is 7.93. The predicted molar refractivity (Wildman–Crippen MR) is 64.1 cm³/mol. The monoisotopic (exact) mass is 207 g/mol. The van der Waals surface area contributed by atoms with E-state index in [0.29, 0.717) is 17.7 Å². The van der Waals surface area contributed by atoms with Gasteiger partial charge in [0, 0.05) is 6.04 Å². The maximum atomic E-state index is 9.61. The number of nitrogens with one attached hydrogen (secondary N) is 1. The van der Waals surface area contributed by atoms with Crippen molar-refractivity contribution in [2.75, 3.05) is 6.54 Å². The summed E-state index contributed by atoms with van der Waals surface area (Å²) in [5.41, 5.74) is 1.02. The van der Waals surface area contributed by atoms with Gasteiger partial charge in [0.15, 0.2) is 0 Å². The summed E-state index contributed by atoms with van der Waals surface area (Å²) in [4.78, 5) is 0. The molecule has 1 aromatic carbocycles. The molecule has 2 N–H and O–H groups in total. The molecule has 0 spiro atoms. The molecule has 0 saturated heterocycles. The highest BCUT2D eigenvalue weighted by Crippen LogP contribution is 2.17. The molecule has 0 bridgehead atoms. The fourth-order valence-electron chi connectivity index (χ4n) is 1.52. The first kappa shape index (κ1) is 12.1. The van der Waals surface area contributed by atoms with Gasteiger partial charge in [0.2, 0.25) is 0 Å². The second kappa shape index (κ2) is 5.76. The van der Waals surface area contributed by atoms with Gasteiger partial charge in [-0.1, -0.05) is 32.0 Å². The zero-order valence-electron chi connectivity index (χ0n) is 9.83. The summed E-state index contributed by atoms with van der Waals surface area (Å²) in [6.45, 7) is 7.56. The third kappa shape index (κ3) is 4.34. The van der Waals surface area contributed by atoms with Gasteiger partial charge in [-0.2, -0.15) is 0 Å². The van der Waals surface area contributed by atoms with Crippen LogP contribution in [0, 0.1) is 5.92 Å². The maximum Gasteiger partial charge on any atom is 0.118 e. The molecule has 1 rings (SSSR count). The Morgan fingerprint density at radius 3 is 2.47 bits per heavy atom. The number of phenolic OH excluding ortho intramolecular Hbond substituents is 1. The highest BCUT2D eigenvalue weighted by Gasteiger charge is 2.06. The van der Waals surface area contributed by atoms with Crippen LogP contribution < -0.4 is 5.32 Å². The van der Waals surface area contributed by atoms with Crippen molar-refractivity contribution in [2.24, 2.45) is 5.92 Å². The molecular weight excluding hydrogens is 186 g/mol. The number of aromatic hydroxyl groups is 1. The van der Waals surface area contributed by atoms with Crippen LogP contribution in [0.5, 0.6) is 5.75 Å². The molecule has 2 heteroatoms. The van der Waals surface area contributed by atoms with E-state index in [4.69, 9.17) is 0 Å². The van der Waals surface area contributed by atoms with E-state index in [-0.39, 0.29) is 0 Å². The molecule has 2 nitrogen and oxygen atoms in total. The SMILES string of the molecule is CC(C)CNC(C)Cc1ccccc1O. The summed E-state index contributed by atoms with van der Waals surface area (Å²) in [5, 5.41) is 13.1. The molecule has 1 aromatic rings. The van der Waals surface area contributed by atoms with Gasteiger partial charge < -0.3 is 10.4 Å². The van der Waals surface area contributed by atoms with E-state index in [9.17, 15) is 5.11 Å². The Morgan fingerprint density at radius 1 is 1.20 bits per heavy atom. The molecule has 0 saturated carbocycles. The van der Waals surface area contributed by atoms with Gasteiger partial charge in [0.05, 0.1) is 0 Å². The lowest BCUT2D eigenvalue weighted by atomic mass is 10.1. The third-order valence-electron chi connectivity index (χ3n) is 2.39. The highest BCUT2D eigenvalue weighted by molar-refractivity contribution is 5.32. The van der Waals surface area contributed by atoms with Gasteiger partial charge in [-0.15, -0.1) is 0 Å². The molecule has 0 aliphatic carbocycles. The minimum Gasteiger partial charge on any atom is -0.508 e. The van der Waals surface area contributed by atoms with E-state index in [1.807, 2.05) is 18.2 Å². The van der Waals surface area contributed by atoms with Gasteiger partial charge in [-0.25, -0.2) is 0 Å². The first-order chi connectivity index (χ1) is 7.09. The molecule has 0 aliphatic heterocycles. The summed E-state index contributed by atoms with van der Waals surface area (Å²) in [7, 11) is 0. The summed E-state index contributed by atoms with van der Waals surface area (Å²) < 4.78 is 0. The van der Waals surface area contributed by atoms with Crippen LogP contribution >= 0.6 is 0 Å². The van der Waals surface area contributed by atoms with Crippen molar-refractivity contribution < 1.29 is 5.11 Å². The number of hydrogen-bond donors (Lipinski definition) is 2. The molecule has 0 aliphatic rings. The molecule has 0 heterocycles. The van der Waals surface area contributed by atoms with Crippen molar-refractivity contribution in [2.45, 2.75) is 33.2 Å². The smallest absolute Gasteiger partial charge is 0.118 e. The van der Waals surface area contributed by atoms with Crippen LogP contribution in [-0.4, -0.2) is 17.7 Å². The van der Waals surface area contributed by atoms with Crippen LogP contribution in [0.1, 0.15) is 26.3 Å². The normalized spacial score (nSPS) is 13.1. The summed E-state index contributed by atoms with van der Waals surface area (Å²) in [5.74, 6) is 1.06. The van der Waals surface area contributed by atoms with Gasteiger partial charge in [0.1, 0.15) is 5.75 Å². The highest BCUT2D eigenvalue weighted by atomic mass is 16.3. The lowest BCUT2D eigenvalue weighted by Crippen LogP contribution is -2.31. The molecule has 15 heavy (non-hydrogen) atoms. The fraction of sp³-hybridized carbons (Fsp3) is 0.538. The summed E-state index contributed by atoms with van der Waals surface area (Å²) in [6.07, 6.45) is 0.874. The van der Waals surface area contributed by atoms with E-state index in [1.165, 1.54) is 0 Å². The van der Waals surface area contributed by atoms with Crippen molar-refractivity contribution in [3.05, 3.63) is 29.8 Å². The number of rotatable bonds is 5. The van der Waals surface area contributed by atoms with E-state index in [0.717, 1.165) is 18.5 Å². The molecule has 0 aromatic heterocycles. The average Bonchev–Trinajstić information content (AvgIpc) is 2.18. The van der Waals surface area contributed by atoms with Crippen LogP contribution in [-0.2, 0) is 6.42 Å². The minimum atomic E-state index is 0.399. The molecule has 1 atom stereocenters. The fourth-order valence-corrected chi connectivity index (χ4v) is 1.52. The van der Waals surface area contributed by atoms with Crippen molar-refractivity contribution in [3.8, 4) is 5.75 Å². The molecule has 0 fully saturated rings. The van der Waals surface area contributed by atoms with Crippen molar-refractivity contribution in [3.63, 3.8) is 0 Å². The standard InChI is InChI=1S/C13H21NO/c1-10(2)9-14-11(3)8-12-6-4-5-7-13(12)15/h4-7,10-11,14-15H,8-9H2,1-3H3. The molecular formula is C13H21NO. The van der Waals surface area contributed by atoms with Crippen LogP contribution in [0.2, 0.25) is 0 Å². The number of phenols is 1.